The number of aldehydes is 1. The molecule has 6 heteroatoms. The molecule has 1 aliphatic heterocycles. The average molecular weight is 390 g/mol. The van der Waals surface area contributed by atoms with E-state index in [0.717, 1.165) is 15.8 Å². The van der Waals surface area contributed by atoms with Gasteiger partial charge in [-0.2, -0.15) is 0 Å². The number of benzene rings is 2. The highest BCUT2D eigenvalue weighted by atomic mass is 79.9. The summed E-state index contributed by atoms with van der Waals surface area (Å²) in [6, 6.07) is 12.6. The molecule has 124 valence electrons. The summed E-state index contributed by atoms with van der Waals surface area (Å²) >= 11 is 3.29. The fourth-order valence-electron chi connectivity index (χ4n) is 2.61. The second-order valence-electron chi connectivity index (χ2n) is 5.38. The fourth-order valence-corrected chi connectivity index (χ4v) is 2.99. The van der Waals surface area contributed by atoms with Gasteiger partial charge in [0.1, 0.15) is 11.5 Å². The molecule has 0 fully saturated rings. The molecule has 1 aliphatic rings. The molecule has 0 radical (unpaired) electrons. The van der Waals surface area contributed by atoms with Gasteiger partial charge in [0.2, 0.25) is 0 Å². The zero-order valence-electron chi connectivity index (χ0n) is 12.8. The number of nitrogens with one attached hydrogen (secondary N) is 1. The Morgan fingerprint density at radius 1 is 1.33 bits per heavy atom. The molecule has 1 N–H and O–H groups in total. The van der Waals surface area contributed by atoms with E-state index in [4.69, 9.17) is 9.47 Å². The van der Waals surface area contributed by atoms with Crippen LogP contribution in [-0.4, -0.2) is 25.4 Å². The molecule has 3 rings (SSSR count). The Morgan fingerprint density at radius 2 is 2.17 bits per heavy atom. The van der Waals surface area contributed by atoms with Crippen molar-refractivity contribution in [3.63, 3.8) is 0 Å². The van der Waals surface area contributed by atoms with Crippen LogP contribution < -0.4 is 14.8 Å². The number of hydrogen-bond acceptors (Lipinski definition) is 4. The Kier molecular flexibility index (Phi) is 5.15. The van der Waals surface area contributed by atoms with E-state index in [2.05, 4.69) is 21.2 Å². The predicted molar refractivity (Wildman–Crippen MR) is 92.5 cm³/mol. The van der Waals surface area contributed by atoms with Gasteiger partial charge in [0.15, 0.2) is 12.9 Å². The van der Waals surface area contributed by atoms with Crippen molar-refractivity contribution in [1.29, 1.82) is 0 Å². The Morgan fingerprint density at radius 3 is 3.00 bits per heavy atom. The molecular formula is C18H16BrNO4. The van der Waals surface area contributed by atoms with E-state index in [1.54, 1.807) is 18.2 Å². The number of ether oxygens (including phenoxy) is 2. The van der Waals surface area contributed by atoms with E-state index in [1.165, 1.54) is 0 Å². The van der Waals surface area contributed by atoms with Crippen molar-refractivity contribution in [3.05, 3.63) is 58.1 Å². The summed E-state index contributed by atoms with van der Waals surface area (Å²) in [4.78, 5) is 23.2. The number of hydrogen-bond donors (Lipinski definition) is 1. The van der Waals surface area contributed by atoms with Crippen molar-refractivity contribution in [3.8, 4) is 11.5 Å². The summed E-state index contributed by atoms with van der Waals surface area (Å²) in [6.45, 7) is 0.410. The fraction of sp³-hybridized carbons (Fsp3) is 0.222. The van der Waals surface area contributed by atoms with E-state index in [0.29, 0.717) is 30.6 Å². The Bertz CT molecular complexity index is 762. The van der Waals surface area contributed by atoms with Crippen molar-refractivity contribution in [1.82, 2.24) is 5.32 Å². The van der Waals surface area contributed by atoms with Gasteiger partial charge in [0, 0.05) is 16.5 Å². The molecule has 0 spiro atoms. The highest BCUT2D eigenvalue weighted by Crippen LogP contribution is 2.31. The van der Waals surface area contributed by atoms with Gasteiger partial charge < -0.3 is 14.8 Å². The summed E-state index contributed by atoms with van der Waals surface area (Å²) in [6.07, 6.45) is 1.41. The first-order chi connectivity index (χ1) is 11.7. The van der Waals surface area contributed by atoms with Crippen molar-refractivity contribution < 1.29 is 19.1 Å². The first kappa shape index (κ1) is 16.5. The summed E-state index contributed by atoms with van der Waals surface area (Å²) in [5.41, 5.74) is 1.36. The normalized spacial score (nSPS) is 15.8. The summed E-state index contributed by atoms with van der Waals surface area (Å²) in [5, 5.41) is 2.95. The molecule has 0 saturated carbocycles. The van der Waals surface area contributed by atoms with Crippen LogP contribution in [0.3, 0.4) is 0 Å². The van der Waals surface area contributed by atoms with Gasteiger partial charge in [-0.05, 0) is 24.3 Å². The lowest BCUT2D eigenvalue weighted by Crippen LogP contribution is -2.35. The van der Waals surface area contributed by atoms with Crippen LogP contribution in [-0.2, 0) is 4.79 Å². The molecule has 1 heterocycles. The molecule has 0 saturated heterocycles. The van der Waals surface area contributed by atoms with Gasteiger partial charge in [0.05, 0.1) is 18.2 Å². The summed E-state index contributed by atoms with van der Waals surface area (Å²) in [5.74, 6) is 0.943. The van der Waals surface area contributed by atoms with Crippen LogP contribution in [0.15, 0.2) is 46.9 Å². The van der Waals surface area contributed by atoms with E-state index >= 15 is 0 Å². The Balaban J connectivity index is 1.62. The van der Waals surface area contributed by atoms with Crippen molar-refractivity contribution >= 4 is 28.1 Å². The maximum atomic E-state index is 12.2. The topological polar surface area (TPSA) is 64.6 Å². The van der Waals surface area contributed by atoms with Crippen LogP contribution in [0.25, 0.3) is 0 Å². The monoisotopic (exact) mass is 389 g/mol. The maximum Gasteiger partial charge on any atom is 0.258 e. The molecule has 0 aliphatic carbocycles. The van der Waals surface area contributed by atoms with Crippen LogP contribution in [0, 0.1) is 0 Å². The lowest BCUT2D eigenvalue weighted by molar-refractivity contribution is -0.124. The number of carbonyl (C=O) groups excluding carboxylic acids is 2. The second-order valence-corrected chi connectivity index (χ2v) is 6.30. The lowest BCUT2D eigenvalue weighted by atomic mass is 10.0. The molecule has 0 aromatic heterocycles. The average Bonchev–Trinajstić information content (AvgIpc) is 2.61. The van der Waals surface area contributed by atoms with Crippen LogP contribution in [0.2, 0.25) is 0 Å². The van der Waals surface area contributed by atoms with Gasteiger partial charge in [-0.25, -0.2) is 0 Å². The molecule has 1 atom stereocenters. The smallest absolute Gasteiger partial charge is 0.258 e. The third kappa shape index (κ3) is 3.76. The molecule has 2 aromatic rings. The van der Waals surface area contributed by atoms with E-state index in [9.17, 15) is 9.59 Å². The van der Waals surface area contributed by atoms with Gasteiger partial charge in [0.25, 0.3) is 5.91 Å². The van der Waals surface area contributed by atoms with Crippen molar-refractivity contribution in [2.24, 2.45) is 0 Å². The molecular weight excluding hydrogens is 374 g/mol. The number of rotatable bonds is 5. The molecule has 5 nitrogen and oxygen atoms in total. The zero-order chi connectivity index (χ0) is 16.9. The van der Waals surface area contributed by atoms with Crippen LogP contribution in [0.5, 0.6) is 11.5 Å². The van der Waals surface area contributed by atoms with Crippen LogP contribution in [0.4, 0.5) is 0 Å². The van der Waals surface area contributed by atoms with E-state index in [-0.39, 0.29) is 18.6 Å². The summed E-state index contributed by atoms with van der Waals surface area (Å²) in [7, 11) is 0. The number of carbonyl (C=O) groups is 2. The molecule has 24 heavy (non-hydrogen) atoms. The Hall–Kier alpha value is -2.34. The van der Waals surface area contributed by atoms with E-state index < -0.39 is 0 Å². The number of para-hydroxylation sites is 1. The van der Waals surface area contributed by atoms with Gasteiger partial charge in [-0.1, -0.05) is 34.1 Å². The third-order valence-corrected chi connectivity index (χ3v) is 4.24. The lowest BCUT2D eigenvalue weighted by Gasteiger charge is -2.26. The van der Waals surface area contributed by atoms with Gasteiger partial charge in [-0.15, -0.1) is 0 Å². The molecule has 0 bridgehead atoms. The number of amides is 1. The minimum Gasteiger partial charge on any atom is -0.493 e. The first-order valence-electron chi connectivity index (χ1n) is 7.56. The molecule has 1 amide bonds. The minimum atomic E-state index is -0.239. The third-order valence-electron chi connectivity index (χ3n) is 3.75. The SMILES string of the molecule is O=Cc1cc(Br)ccc1OCC(=O)NC1CCOc2ccccc21. The highest BCUT2D eigenvalue weighted by Gasteiger charge is 2.22. The number of halogens is 1. The predicted octanol–water partition coefficient (Wildman–Crippen LogP) is 3.28. The first-order valence-corrected chi connectivity index (χ1v) is 8.35. The quantitative estimate of drug-likeness (QED) is 0.796. The van der Waals surface area contributed by atoms with Gasteiger partial charge in [-0.3, -0.25) is 9.59 Å². The maximum absolute atomic E-state index is 12.2. The van der Waals surface area contributed by atoms with Gasteiger partial charge >= 0.3 is 0 Å². The standard InChI is InChI=1S/C18H16BrNO4/c19-13-5-6-16(12(9-13)10-21)24-11-18(22)20-15-7-8-23-17-4-2-1-3-14(15)17/h1-6,9-10,15H,7-8,11H2,(H,20,22). The molecule has 1 unspecified atom stereocenters. The van der Waals surface area contributed by atoms with Crippen molar-refractivity contribution in [2.75, 3.05) is 13.2 Å². The molecule has 2 aromatic carbocycles. The minimum absolute atomic E-state index is 0.0958. The van der Waals surface area contributed by atoms with E-state index in [1.807, 2.05) is 24.3 Å². The summed E-state index contributed by atoms with van der Waals surface area (Å²) < 4.78 is 11.8. The van der Waals surface area contributed by atoms with Crippen molar-refractivity contribution in [2.45, 2.75) is 12.5 Å². The largest absolute Gasteiger partial charge is 0.493 e. The number of fused-ring (bicyclic) bond motifs is 1. The van der Waals surface area contributed by atoms with Crippen LogP contribution in [0.1, 0.15) is 28.4 Å². The highest BCUT2D eigenvalue weighted by molar-refractivity contribution is 9.10. The second kappa shape index (κ2) is 7.49. The Labute approximate surface area is 148 Å². The van der Waals surface area contributed by atoms with Crippen LogP contribution >= 0.6 is 15.9 Å². The zero-order valence-corrected chi connectivity index (χ0v) is 14.4.